The Labute approximate surface area is 158 Å². The van der Waals surface area contributed by atoms with Gasteiger partial charge in [0.25, 0.3) is 5.91 Å². The van der Waals surface area contributed by atoms with Crippen LogP contribution in [0.4, 0.5) is 0 Å². The molecule has 0 saturated heterocycles. The third-order valence-corrected chi connectivity index (χ3v) is 6.11. The fraction of sp³-hybridized carbons (Fsp3) is 0.389. The molecule has 2 rings (SSSR count). The Bertz CT molecular complexity index is 799. The first kappa shape index (κ1) is 20.4. The van der Waals surface area contributed by atoms with Gasteiger partial charge in [-0.2, -0.15) is 8.42 Å². The molecule has 26 heavy (non-hydrogen) atoms. The molecule has 0 unspecified atom stereocenters. The van der Waals surface area contributed by atoms with Crippen LogP contribution in [0.1, 0.15) is 29.1 Å². The van der Waals surface area contributed by atoms with E-state index < -0.39 is 15.4 Å². The molecule has 0 aliphatic rings. The fourth-order valence-electron chi connectivity index (χ4n) is 2.11. The number of hydrogen-bond donors (Lipinski definition) is 0. The summed E-state index contributed by atoms with van der Waals surface area (Å²) in [5, 5.41) is 1.25. The van der Waals surface area contributed by atoms with E-state index >= 15 is 0 Å². The number of rotatable bonds is 9. The van der Waals surface area contributed by atoms with E-state index in [1.165, 1.54) is 11.3 Å². The second kappa shape index (κ2) is 9.16. The van der Waals surface area contributed by atoms with Gasteiger partial charge >= 0.3 is 10.1 Å². The molecule has 0 fully saturated rings. The summed E-state index contributed by atoms with van der Waals surface area (Å²) in [6.07, 6.45) is 0. The fourth-order valence-corrected chi connectivity index (χ4v) is 3.37. The zero-order valence-corrected chi connectivity index (χ0v) is 16.7. The van der Waals surface area contributed by atoms with E-state index in [1.54, 1.807) is 56.2 Å². The molecule has 0 aliphatic heterocycles. The molecule has 0 spiro atoms. The van der Waals surface area contributed by atoms with Crippen LogP contribution in [0, 0.1) is 0 Å². The summed E-state index contributed by atoms with van der Waals surface area (Å²) in [4.78, 5) is 15.0. The number of ether oxygens (including phenoxy) is 1. The van der Waals surface area contributed by atoms with Crippen LogP contribution >= 0.6 is 11.3 Å². The van der Waals surface area contributed by atoms with E-state index in [-0.39, 0.29) is 11.7 Å². The Kier molecular flexibility index (Phi) is 7.19. The number of carbonyl (C=O) groups excluding carboxylic acids is 1. The van der Waals surface area contributed by atoms with Crippen LogP contribution in [0.15, 0.2) is 41.8 Å². The van der Waals surface area contributed by atoms with Crippen molar-refractivity contribution in [3.63, 3.8) is 0 Å². The average molecular weight is 398 g/mol. The van der Waals surface area contributed by atoms with Crippen molar-refractivity contribution in [1.82, 2.24) is 4.90 Å². The maximum Gasteiger partial charge on any atom is 0.311 e. The number of methoxy groups -OCH3 is 1. The maximum atomic E-state index is 12.6. The van der Waals surface area contributed by atoms with Gasteiger partial charge in [-0.3, -0.25) is 4.79 Å². The highest BCUT2D eigenvalue weighted by molar-refractivity contribution is 7.87. The summed E-state index contributed by atoms with van der Waals surface area (Å²) in [6, 6.07) is 10.3. The lowest BCUT2D eigenvalue weighted by molar-refractivity contribution is 0.0685. The minimum absolute atomic E-state index is 0.0558. The molecule has 0 bridgehead atoms. The van der Waals surface area contributed by atoms with Crippen LogP contribution in [-0.4, -0.2) is 44.7 Å². The summed E-state index contributed by atoms with van der Waals surface area (Å²) < 4.78 is 33.8. The molecule has 0 atom stereocenters. The van der Waals surface area contributed by atoms with Crippen molar-refractivity contribution >= 4 is 27.4 Å². The molecule has 0 saturated carbocycles. The van der Waals surface area contributed by atoms with E-state index in [0.717, 1.165) is 5.56 Å². The second-order valence-corrected chi connectivity index (χ2v) is 9.01. The van der Waals surface area contributed by atoms with E-state index in [9.17, 15) is 13.2 Å². The molecule has 8 heteroatoms. The molecule has 0 N–H and O–H groups in total. The second-order valence-electron chi connectivity index (χ2n) is 5.97. The van der Waals surface area contributed by atoms with Gasteiger partial charge in [-0.15, -0.1) is 11.3 Å². The molecule has 2 aromatic rings. The zero-order valence-electron chi connectivity index (χ0n) is 15.0. The molecule has 1 aromatic carbocycles. The van der Waals surface area contributed by atoms with E-state index in [1.807, 2.05) is 11.4 Å². The van der Waals surface area contributed by atoms with Crippen LogP contribution in [-0.2, 0) is 21.4 Å². The maximum absolute atomic E-state index is 12.6. The normalized spacial score (nSPS) is 11.5. The van der Waals surface area contributed by atoms with Crippen LogP contribution in [0.2, 0.25) is 0 Å². The highest BCUT2D eigenvalue weighted by atomic mass is 32.2. The predicted molar refractivity (Wildman–Crippen MR) is 102 cm³/mol. The van der Waals surface area contributed by atoms with Gasteiger partial charge in [-0.05, 0) is 43.0 Å². The molecule has 1 aromatic heterocycles. The monoisotopic (exact) mass is 397 g/mol. The van der Waals surface area contributed by atoms with Crippen LogP contribution in [0.25, 0.3) is 0 Å². The van der Waals surface area contributed by atoms with Crippen molar-refractivity contribution in [3.05, 3.63) is 52.2 Å². The lowest BCUT2D eigenvalue weighted by atomic mass is 10.2. The standard InChI is InChI=1S/C18H23NO5S2/c1-14(2)26(21,22)24-16-8-6-15(7-9-16)13-19(10-11-23-3)18(20)17-5-4-12-25-17/h4-9,12,14H,10-11,13H2,1-3H3. The molecular weight excluding hydrogens is 374 g/mol. The zero-order chi connectivity index (χ0) is 19.2. The average Bonchev–Trinajstić information content (AvgIpc) is 3.13. The van der Waals surface area contributed by atoms with Gasteiger partial charge in [0.1, 0.15) is 5.75 Å². The Morgan fingerprint density at radius 1 is 1.19 bits per heavy atom. The highest BCUT2D eigenvalue weighted by Gasteiger charge is 2.19. The lowest BCUT2D eigenvalue weighted by Gasteiger charge is -2.22. The summed E-state index contributed by atoms with van der Waals surface area (Å²) in [6.45, 7) is 4.43. The van der Waals surface area contributed by atoms with Crippen molar-refractivity contribution in [2.75, 3.05) is 20.3 Å². The van der Waals surface area contributed by atoms with Gasteiger partial charge in [0.05, 0.1) is 16.7 Å². The topological polar surface area (TPSA) is 72.9 Å². The number of benzene rings is 1. The highest BCUT2D eigenvalue weighted by Crippen LogP contribution is 2.19. The van der Waals surface area contributed by atoms with Crippen molar-refractivity contribution in [1.29, 1.82) is 0 Å². The molecule has 6 nitrogen and oxygen atoms in total. The first-order chi connectivity index (χ1) is 12.3. The predicted octanol–water partition coefficient (Wildman–Crippen LogP) is 3.15. The molecule has 142 valence electrons. The molecule has 1 amide bonds. The summed E-state index contributed by atoms with van der Waals surface area (Å²) in [5.74, 6) is 0.204. The van der Waals surface area contributed by atoms with Crippen LogP contribution in [0.3, 0.4) is 0 Å². The number of carbonyl (C=O) groups is 1. The molecule has 1 heterocycles. The Morgan fingerprint density at radius 2 is 1.88 bits per heavy atom. The van der Waals surface area contributed by atoms with Gasteiger partial charge in [0.15, 0.2) is 0 Å². The van der Waals surface area contributed by atoms with Gasteiger partial charge in [-0.25, -0.2) is 0 Å². The minimum atomic E-state index is -3.62. The first-order valence-corrected chi connectivity index (χ1v) is 10.5. The number of thiophene rings is 1. The summed E-state index contributed by atoms with van der Waals surface area (Å²) >= 11 is 1.40. The largest absolute Gasteiger partial charge is 0.383 e. The summed E-state index contributed by atoms with van der Waals surface area (Å²) in [7, 11) is -2.03. The van der Waals surface area contributed by atoms with E-state index in [2.05, 4.69) is 0 Å². The number of hydrogen-bond acceptors (Lipinski definition) is 6. The number of amides is 1. The Hall–Kier alpha value is -1.90. The van der Waals surface area contributed by atoms with Gasteiger partial charge < -0.3 is 13.8 Å². The first-order valence-electron chi connectivity index (χ1n) is 8.17. The minimum Gasteiger partial charge on any atom is -0.383 e. The van der Waals surface area contributed by atoms with Crippen LogP contribution < -0.4 is 4.18 Å². The molecule has 0 radical (unpaired) electrons. The summed E-state index contributed by atoms with van der Waals surface area (Å²) in [5.41, 5.74) is 0.875. The van der Waals surface area contributed by atoms with Crippen molar-refractivity contribution in [2.45, 2.75) is 25.6 Å². The smallest absolute Gasteiger partial charge is 0.311 e. The Morgan fingerprint density at radius 3 is 2.42 bits per heavy atom. The van der Waals surface area contributed by atoms with Crippen molar-refractivity contribution in [2.24, 2.45) is 0 Å². The van der Waals surface area contributed by atoms with Gasteiger partial charge in [-0.1, -0.05) is 18.2 Å². The SMILES string of the molecule is COCCN(Cc1ccc(OS(=O)(=O)C(C)C)cc1)C(=O)c1cccs1. The van der Waals surface area contributed by atoms with Crippen molar-refractivity contribution in [3.8, 4) is 5.75 Å². The molecular formula is C18H23NO5S2. The third kappa shape index (κ3) is 5.55. The van der Waals surface area contributed by atoms with Gasteiger partial charge in [0.2, 0.25) is 0 Å². The van der Waals surface area contributed by atoms with E-state index in [0.29, 0.717) is 24.6 Å². The van der Waals surface area contributed by atoms with Gasteiger partial charge in [0, 0.05) is 20.2 Å². The van der Waals surface area contributed by atoms with Crippen LogP contribution in [0.5, 0.6) is 5.75 Å². The number of nitrogens with zero attached hydrogens (tertiary/aromatic N) is 1. The molecule has 0 aliphatic carbocycles. The lowest BCUT2D eigenvalue weighted by Crippen LogP contribution is -2.33. The third-order valence-electron chi connectivity index (χ3n) is 3.67. The quantitative estimate of drug-likeness (QED) is 0.608. The van der Waals surface area contributed by atoms with E-state index in [4.69, 9.17) is 8.92 Å². The van der Waals surface area contributed by atoms with Crippen molar-refractivity contribution < 1.29 is 22.1 Å². The Balaban J connectivity index is 2.09.